The summed E-state index contributed by atoms with van der Waals surface area (Å²) >= 11 is 0. The van der Waals surface area contributed by atoms with Crippen molar-refractivity contribution >= 4 is 0 Å². The zero-order chi connectivity index (χ0) is 20.8. The molecule has 0 aromatic carbocycles. The standard InChI is InChI=1S/C20H20F6N2O2/c21-19(22,23)16-28-27-15(29-16)17-11-7-1-3-9(5-7)13(11)18(30-17,20(24,25)26)14-10-4-2-8(6-10)12(14)17/h7-14H,1-6H2/t7-,8+,9+,10-,11+,12-,13-,14+,17?,18?. The molecular formula is C20H20F6N2O2. The van der Waals surface area contributed by atoms with Crippen LogP contribution >= 0.6 is 0 Å². The van der Waals surface area contributed by atoms with Gasteiger partial charge in [-0.05, 0) is 62.2 Å². The molecule has 2 saturated heterocycles. The lowest BCUT2D eigenvalue weighted by atomic mass is 9.50. The van der Waals surface area contributed by atoms with E-state index < -0.39 is 53.1 Å². The molecule has 6 fully saturated rings. The van der Waals surface area contributed by atoms with Gasteiger partial charge in [-0.15, -0.1) is 10.2 Å². The van der Waals surface area contributed by atoms with Gasteiger partial charge in [0.25, 0.3) is 0 Å². The molecule has 1 aromatic rings. The van der Waals surface area contributed by atoms with Crippen LogP contribution in [0.15, 0.2) is 4.42 Å². The van der Waals surface area contributed by atoms with Crippen molar-refractivity contribution in [1.82, 2.24) is 10.2 Å². The molecule has 3 heterocycles. The average molecular weight is 434 g/mol. The number of hydrogen-bond acceptors (Lipinski definition) is 4. The first-order valence-corrected chi connectivity index (χ1v) is 10.8. The highest BCUT2D eigenvalue weighted by molar-refractivity contribution is 5.34. The second kappa shape index (κ2) is 5.02. The average Bonchev–Trinajstić information content (AvgIpc) is 3.51. The maximum absolute atomic E-state index is 14.9. The van der Waals surface area contributed by atoms with Crippen molar-refractivity contribution in [3.63, 3.8) is 0 Å². The lowest BCUT2D eigenvalue weighted by Crippen LogP contribution is -2.61. The lowest BCUT2D eigenvalue weighted by molar-refractivity contribution is -0.297. The SMILES string of the molecule is FC(F)(F)c1nnc(C23OC(C(F)(F)F)([C@@H]4[C@H]5CC[C@H](C5)[C@@H]42)[C@H]2[C@@H]4CC[C@@H](C4)[C@H]23)o1. The molecule has 6 bridgehead atoms. The molecule has 1 aromatic heterocycles. The molecule has 30 heavy (non-hydrogen) atoms. The third kappa shape index (κ3) is 1.74. The third-order valence-electron chi connectivity index (χ3n) is 9.60. The minimum Gasteiger partial charge on any atom is -0.414 e. The van der Waals surface area contributed by atoms with Gasteiger partial charge in [0.15, 0.2) is 11.2 Å². The van der Waals surface area contributed by atoms with Crippen molar-refractivity contribution in [2.45, 2.75) is 62.1 Å². The van der Waals surface area contributed by atoms with Crippen LogP contribution in [-0.4, -0.2) is 22.0 Å². The number of nitrogens with zero attached hydrogens (tertiary/aromatic N) is 2. The Bertz CT molecular complexity index is 891. The smallest absolute Gasteiger partial charge is 0.414 e. The zero-order valence-electron chi connectivity index (χ0n) is 15.8. The summed E-state index contributed by atoms with van der Waals surface area (Å²) in [7, 11) is 0. The van der Waals surface area contributed by atoms with Crippen molar-refractivity contribution in [2.24, 2.45) is 47.3 Å². The Morgan fingerprint density at radius 3 is 1.67 bits per heavy atom. The number of halogens is 6. The summed E-state index contributed by atoms with van der Waals surface area (Å²) < 4.78 is 95.5. The summed E-state index contributed by atoms with van der Waals surface area (Å²) in [5, 5.41) is 6.88. The summed E-state index contributed by atoms with van der Waals surface area (Å²) in [6, 6.07) is 0. The molecule has 10 atom stereocenters. The van der Waals surface area contributed by atoms with Gasteiger partial charge in [0.1, 0.15) is 0 Å². The molecular weight excluding hydrogens is 414 g/mol. The van der Waals surface area contributed by atoms with Gasteiger partial charge < -0.3 is 9.15 Å². The van der Waals surface area contributed by atoms with Crippen LogP contribution in [0.1, 0.15) is 50.3 Å². The maximum atomic E-state index is 14.9. The second-order valence-corrected chi connectivity index (χ2v) is 10.4. The van der Waals surface area contributed by atoms with Gasteiger partial charge in [-0.1, -0.05) is 0 Å². The van der Waals surface area contributed by atoms with E-state index in [1.807, 2.05) is 0 Å². The van der Waals surface area contributed by atoms with Crippen LogP contribution < -0.4 is 0 Å². The fourth-order valence-corrected chi connectivity index (χ4v) is 9.31. The predicted molar refractivity (Wildman–Crippen MR) is 86.5 cm³/mol. The number of rotatable bonds is 1. The topological polar surface area (TPSA) is 48.2 Å². The molecule has 2 aliphatic heterocycles. The molecule has 10 heteroatoms. The first kappa shape index (κ1) is 18.3. The Balaban J connectivity index is 1.48. The van der Waals surface area contributed by atoms with Crippen molar-refractivity contribution < 1.29 is 35.5 Å². The van der Waals surface area contributed by atoms with Gasteiger partial charge in [-0.2, -0.15) is 26.3 Å². The molecule has 0 amide bonds. The van der Waals surface area contributed by atoms with E-state index in [0.717, 1.165) is 25.7 Å². The molecule has 7 rings (SSSR count). The highest BCUT2D eigenvalue weighted by Crippen LogP contribution is 2.83. The van der Waals surface area contributed by atoms with Gasteiger partial charge in [-0.3, -0.25) is 0 Å². The second-order valence-electron chi connectivity index (χ2n) is 10.4. The molecule has 4 nitrogen and oxygen atoms in total. The van der Waals surface area contributed by atoms with E-state index in [4.69, 9.17) is 9.15 Å². The van der Waals surface area contributed by atoms with Crippen LogP contribution in [-0.2, 0) is 16.5 Å². The van der Waals surface area contributed by atoms with E-state index in [2.05, 4.69) is 10.2 Å². The Labute approximate surface area is 167 Å². The van der Waals surface area contributed by atoms with Gasteiger partial charge >= 0.3 is 18.2 Å². The number of hydrogen-bond donors (Lipinski definition) is 0. The highest BCUT2D eigenvalue weighted by Gasteiger charge is 2.90. The summed E-state index contributed by atoms with van der Waals surface area (Å²) in [5.41, 5.74) is -3.84. The predicted octanol–water partition coefficient (Wildman–Crippen LogP) is 4.95. The molecule has 164 valence electrons. The van der Waals surface area contributed by atoms with Crippen LogP contribution in [0, 0.1) is 47.3 Å². The normalized spacial score (nSPS) is 53.0. The third-order valence-corrected chi connectivity index (χ3v) is 9.60. The number of ether oxygens (including phenoxy) is 1. The molecule has 4 saturated carbocycles. The van der Waals surface area contributed by atoms with Crippen molar-refractivity contribution in [2.75, 3.05) is 0 Å². The first-order chi connectivity index (χ1) is 14.1. The zero-order valence-corrected chi connectivity index (χ0v) is 15.8. The monoisotopic (exact) mass is 434 g/mol. The molecule has 6 aliphatic rings. The van der Waals surface area contributed by atoms with E-state index in [9.17, 15) is 26.3 Å². The summed E-state index contributed by atoms with van der Waals surface area (Å²) in [5.74, 6) is -4.52. The Morgan fingerprint density at radius 1 is 0.733 bits per heavy atom. The van der Waals surface area contributed by atoms with Crippen LogP contribution in [0.3, 0.4) is 0 Å². The molecule has 0 radical (unpaired) electrons. The van der Waals surface area contributed by atoms with Crippen molar-refractivity contribution in [3.8, 4) is 0 Å². The molecule has 4 aliphatic carbocycles. The fourth-order valence-electron chi connectivity index (χ4n) is 9.31. The number of alkyl halides is 6. The van der Waals surface area contributed by atoms with Crippen LogP contribution in [0.4, 0.5) is 26.3 Å². The van der Waals surface area contributed by atoms with Crippen molar-refractivity contribution in [1.29, 1.82) is 0 Å². The van der Waals surface area contributed by atoms with Gasteiger partial charge in [-0.25, -0.2) is 0 Å². The Morgan fingerprint density at radius 2 is 1.23 bits per heavy atom. The van der Waals surface area contributed by atoms with Gasteiger partial charge in [0, 0.05) is 23.7 Å². The molecule has 2 unspecified atom stereocenters. The van der Waals surface area contributed by atoms with Crippen LogP contribution in [0.2, 0.25) is 0 Å². The van der Waals surface area contributed by atoms with Gasteiger partial charge in [0.05, 0.1) is 0 Å². The number of fused-ring (bicyclic) bond motifs is 16. The highest BCUT2D eigenvalue weighted by atomic mass is 19.4. The van der Waals surface area contributed by atoms with E-state index >= 15 is 0 Å². The Kier molecular flexibility index (Phi) is 3.05. The molecule has 0 N–H and O–H groups in total. The molecule has 0 spiro atoms. The maximum Gasteiger partial charge on any atom is 0.470 e. The van der Waals surface area contributed by atoms with E-state index in [1.165, 1.54) is 0 Å². The largest absolute Gasteiger partial charge is 0.470 e. The summed E-state index contributed by atoms with van der Waals surface area (Å²) in [6.45, 7) is 0. The van der Waals surface area contributed by atoms with E-state index in [0.29, 0.717) is 12.8 Å². The number of aromatic nitrogens is 2. The summed E-state index contributed by atoms with van der Waals surface area (Å²) in [4.78, 5) is 0. The van der Waals surface area contributed by atoms with Crippen molar-refractivity contribution in [3.05, 3.63) is 11.8 Å². The minimum absolute atomic E-state index is 0.00513. The quantitative estimate of drug-likeness (QED) is 0.587. The van der Waals surface area contributed by atoms with E-state index in [1.54, 1.807) is 0 Å². The van der Waals surface area contributed by atoms with Crippen LogP contribution in [0.25, 0.3) is 0 Å². The van der Waals surface area contributed by atoms with Crippen LogP contribution in [0.5, 0.6) is 0 Å². The fraction of sp³-hybridized carbons (Fsp3) is 0.900. The summed E-state index contributed by atoms with van der Waals surface area (Å²) in [6.07, 6.45) is -5.02. The Hall–Kier alpha value is -1.32. The minimum atomic E-state index is -4.84. The van der Waals surface area contributed by atoms with E-state index in [-0.39, 0.29) is 29.6 Å². The lowest BCUT2D eigenvalue weighted by Gasteiger charge is -2.50. The first-order valence-electron chi connectivity index (χ1n) is 10.8. The van der Waals surface area contributed by atoms with Gasteiger partial charge in [0.2, 0.25) is 5.89 Å².